The smallest absolute Gasteiger partial charge is 0.309 e. The van der Waals surface area contributed by atoms with E-state index < -0.39 is 0 Å². The quantitative estimate of drug-likeness (QED) is 0.612. The van der Waals surface area contributed by atoms with Crippen molar-refractivity contribution in [2.24, 2.45) is 17.8 Å². The van der Waals surface area contributed by atoms with Crippen LogP contribution in [0.2, 0.25) is 0 Å². The number of pyridine rings is 1. The Morgan fingerprint density at radius 1 is 1.38 bits per heavy atom. The van der Waals surface area contributed by atoms with Gasteiger partial charge < -0.3 is 4.74 Å². The molecule has 1 aromatic rings. The Hall–Kier alpha value is -1.23. The Balaban J connectivity index is 2.00. The highest BCUT2D eigenvalue weighted by atomic mass is 79.9. The van der Waals surface area contributed by atoms with Crippen LogP contribution in [0.5, 0.6) is 0 Å². The van der Waals surface area contributed by atoms with E-state index >= 15 is 0 Å². The van der Waals surface area contributed by atoms with Gasteiger partial charge in [-0.2, -0.15) is 0 Å². The fourth-order valence-corrected chi connectivity index (χ4v) is 3.20. The summed E-state index contributed by atoms with van der Waals surface area (Å²) in [5.74, 6) is 0.00255. The largest absolute Gasteiger partial charge is 0.466 e. The minimum Gasteiger partial charge on any atom is -0.466 e. The maximum atomic E-state index is 12.5. The van der Waals surface area contributed by atoms with Crippen LogP contribution in [0, 0.1) is 17.8 Å². The number of ether oxygens (including phenoxy) is 1. The van der Waals surface area contributed by atoms with Gasteiger partial charge in [-0.15, -0.1) is 0 Å². The molecule has 0 aliphatic heterocycles. The fraction of sp³-hybridized carbons (Fsp3) is 0.562. The molecular formula is C16H20BrNO3. The molecule has 1 aliphatic carbocycles. The molecule has 114 valence electrons. The summed E-state index contributed by atoms with van der Waals surface area (Å²) in [6, 6.07) is 3.57. The number of hydrogen-bond acceptors (Lipinski definition) is 4. The van der Waals surface area contributed by atoms with Gasteiger partial charge in [0.25, 0.3) is 0 Å². The van der Waals surface area contributed by atoms with Crippen LogP contribution in [-0.2, 0) is 9.53 Å². The molecule has 1 aliphatic rings. The minimum absolute atomic E-state index is 0.0423. The normalized spacial score (nSPS) is 25.4. The van der Waals surface area contributed by atoms with Crippen LogP contribution >= 0.6 is 15.9 Å². The van der Waals surface area contributed by atoms with E-state index in [2.05, 4.69) is 20.9 Å². The van der Waals surface area contributed by atoms with E-state index in [1.165, 1.54) is 0 Å². The van der Waals surface area contributed by atoms with Crippen molar-refractivity contribution in [1.82, 2.24) is 4.98 Å². The first-order valence-electron chi connectivity index (χ1n) is 7.35. The topological polar surface area (TPSA) is 56.3 Å². The molecule has 0 N–H and O–H groups in total. The second kappa shape index (κ2) is 7.16. The molecule has 0 bridgehead atoms. The number of aromatic nitrogens is 1. The van der Waals surface area contributed by atoms with Gasteiger partial charge in [-0.3, -0.25) is 14.6 Å². The van der Waals surface area contributed by atoms with Crippen molar-refractivity contribution >= 4 is 27.7 Å². The third-order valence-electron chi connectivity index (χ3n) is 4.11. The van der Waals surface area contributed by atoms with Crippen molar-refractivity contribution in [2.75, 3.05) is 6.61 Å². The summed E-state index contributed by atoms with van der Waals surface area (Å²) >= 11 is 3.31. The number of esters is 1. The standard InChI is InChI=1S/C16H20BrNO3/c1-3-21-16(20)13-6-4-11(8-10(13)2)15(19)14-7-5-12(17)9-18-14/h5,7,9-11,13H,3-4,6,8H2,1-2H3/t10-,11?,13+/m1/s1. The second-order valence-corrected chi connectivity index (χ2v) is 6.49. The zero-order valence-electron chi connectivity index (χ0n) is 12.3. The Labute approximate surface area is 133 Å². The number of halogens is 1. The highest BCUT2D eigenvalue weighted by molar-refractivity contribution is 9.10. The molecule has 1 fully saturated rings. The molecule has 0 aromatic carbocycles. The Morgan fingerprint density at radius 3 is 2.71 bits per heavy atom. The Kier molecular flexibility index (Phi) is 5.51. The van der Waals surface area contributed by atoms with Gasteiger partial charge in [0.2, 0.25) is 0 Å². The lowest BCUT2D eigenvalue weighted by molar-refractivity contribution is -0.151. The fourth-order valence-electron chi connectivity index (χ4n) is 2.96. The number of hydrogen-bond donors (Lipinski definition) is 0. The summed E-state index contributed by atoms with van der Waals surface area (Å²) in [6.45, 7) is 4.25. The monoisotopic (exact) mass is 353 g/mol. The molecule has 1 heterocycles. The summed E-state index contributed by atoms with van der Waals surface area (Å²) in [5, 5.41) is 0. The van der Waals surface area contributed by atoms with Gasteiger partial charge in [-0.25, -0.2) is 0 Å². The summed E-state index contributed by atoms with van der Waals surface area (Å²) in [4.78, 5) is 28.5. The number of nitrogens with zero attached hydrogens (tertiary/aromatic N) is 1. The Morgan fingerprint density at radius 2 is 2.14 bits per heavy atom. The van der Waals surface area contributed by atoms with E-state index in [0.717, 1.165) is 17.3 Å². The number of Topliss-reactive ketones (excluding diaryl/α,β-unsaturated/α-hetero) is 1. The zero-order chi connectivity index (χ0) is 15.4. The van der Waals surface area contributed by atoms with Gasteiger partial charge >= 0.3 is 5.97 Å². The summed E-state index contributed by atoms with van der Waals surface area (Å²) in [6.07, 6.45) is 3.80. The lowest BCUT2D eigenvalue weighted by atomic mass is 9.73. The summed E-state index contributed by atoms with van der Waals surface area (Å²) < 4.78 is 5.96. The van der Waals surface area contributed by atoms with Crippen LogP contribution in [-0.4, -0.2) is 23.3 Å². The van der Waals surface area contributed by atoms with Crippen molar-refractivity contribution in [2.45, 2.75) is 33.1 Å². The highest BCUT2D eigenvalue weighted by Gasteiger charge is 2.36. The van der Waals surface area contributed by atoms with E-state index in [4.69, 9.17) is 4.74 Å². The molecule has 1 saturated carbocycles. The first-order chi connectivity index (χ1) is 10.0. The third-order valence-corrected chi connectivity index (χ3v) is 4.58. The lowest BCUT2D eigenvalue weighted by Crippen LogP contribution is -2.33. The van der Waals surface area contributed by atoms with E-state index in [0.29, 0.717) is 18.7 Å². The molecule has 0 amide bonds. The molecule has 3 atom stereocenters. The first-order valence-corrected chi connectivity index (χ1v) is 8.14. The second-order valence-electron chi connectivity index (χ2n) is 5.57. The van der Waals surface area contributed by atoms with Gasteiger partial charge in [0.15, 0.2) is 5.78 Å². The first kappa shape index (κ1) is 16.1. The van der Waals surface area contributed by atoms with E-state index in [1.54, 1.807) is 12.3 Å². The van der Waals surface area contributed by atoms with E-state index in [9.17, 15) is 9.59 Å². The van der Waals surface area contributed by atoms with E-state index in [-0.39, 0.29) is 29.5 Å². The molecule has 0 saturated heterocycles. The molecule has 5 heteroatoms. The van der Waals surface area contributed by atoms with Gasteiger partial charge in [0.05, 0.1) is 12.5 Å². The van der Waals surface area contributed by atoms with Crippen molar-refractivity contribution in [3.8, 4) is 0 Å². The number of carbonyl (C=O) groups excluding carboxylic acids is 2. The van der Waals surface area contributed by atoms with Gasteiger partial charge in [0.1, 0.15) is 5.69 Å². The molecule has 0 radical (unpaired) electrons. The zero-order valence-corrected chi connectivity index (χ0v) is 13.9. The van der Waals surface area contributed by atoms with Crippen molar-refractivity contribution in [3.63, 3.8) is 0 Å². The van der Waals surface area contributed by atoms with Crippen LogP contribution in [0.3, 0.4) is 0 Å². The van der Waals surface area contributed by atoms with Crippen molar-refractivity contribution < 1.29 is 14.3 Å². The molecule has 1 unspecified atom stereocenters. The number of ketones is 1. The maximum absolute atomic E-state index is 12.5. The third kappa shape index (κ3) is 3.90. The predicted molar refractivity (Wildman–Crippen MR) is 82.9 cm³/mol. The SMILES string of the molecule is CCOC(=O)[C@H]1CCC(C(=O)c2ccc(Br)cn2)C[C@H]1C. The molecule has 4 nitrogen and oxygen atoms in total. The molecular weight excluding hydrogens is 334 g/mol. The molecule has 0 spiro atoms. The van der Waals surface area contributed by atoms with Crippen LogP contribution in [0.25, 0.3) is 0 Å². The Bertz CT molecular complexity index is 515. The van der Waals surface area contributed by atoms with Crippen LogP contribution in [0.1, 0.15) is 43.6 Å². The summed E-state index contributed by atoms with van der Waals surface area (Å²) in [7, 11) is 0. The van der Waals surface area contributed by atoms with Gasteiger partial charge in [-0.05, 0) is 60.2 Å². The van der Waals surface area contributed by atoms with Crippen molar-refractivity contribution in [1.29, 1.82) is 0 Å². The number of carbonyl (C=O) groups is 2. The maximum Gasteiger partial charge on any atom is 0.309 e. The van der Waals surface area contributed by atoms with Crippen LogP contribution in [0.15, 0.2) is 22.8 Å². The minimum atomic E-state index is -0.127. The predicted octanol–water partition coefficient (Wildman–Crippen LogP) is 3.64. The molecule has 21 heavy (non-hydrogen) atoms. The van der Waals surface area contributed by atoms with Gasteiger partial charge in [0, 0.05) is 16.6 Å². The summed E-state index contributed by atoms with van der Waals surface area (Å²) in [5.41, 5.74) is 0.505. The van der Waals surface area contributed by atoms with Crippen LogP contribution in [0.4, 0.5) is 0 Å². The number of rotatable bonds is 4. The highest BCUT2D eigenvalue weighted by Crippen LogP contribution is 2.36. The van der Waals surface area contributed by atoms with Crippen molar-refractivity contribution in [3.05, 3.63) is 28.5 Å². The average molecular weight is 354 g/mol. The van der Waals surface area contributed by atoms with Crippen LogP contribution < -0.4 is 0 Å². The lowest BCUT2D eigenvalue weighted by Gasteiger charge is -2.31. The van der Waals surface area contributed by atoms with E-state index in [1.807, 2.05) is 19.9 Å². The molecule has 2 rings (SSSR count). The molecule has 1 aromatic heterocycles. The van der Waals surface area contributed by atoms with Gasteiger partial charge in [-0.1, -0.05) is 6.92 Å². The average Bonchev–Trinajstić information content (AvgIpc) is 2.47.